The number of aromatic nitrogens is 2. The van der Waals surface area contributed by atoms with Crippen LogP contribution in [0.25, 0.3) is 11.3 Å². The third-order valence-electron chi connectivity index (χ3n) is 8.03. The Morgan fingerprint density at radius 1 is 0.935 bits per heavy atom. The van der Waals surface area contributed by atoms with E-state index >= 15 is 0 Å². The van der Waals surface area contributed by atoms with E-state index in [0.717, 1.165) is 0 Å². The second-order valence-electron chi connectivity index (χ2n) is 10.8. The number of anilines is 1. The molecule has 2 fully saturated rings. The van der Waals surface area contributed by atoms with Crippen LogP contribution in [0.2, 0.25) is 5.02 Å². The molecule has 244 valence electrons. The summed E-state index contributed by atoms with van der Waals surface area (Å²) in [5.74, 6) is -4.47. The van der Waals surface area contributed by atoms with Crippen LogP contribution in [-0.2, 0) is 11.8 Å². The first-order valence-corrected chi connectivity index (χ1v) is 14.8. The summed E-state index contributed by atoms with van der Waals surface area (Å²) in [5.41, 5.74) is 0.587. The van der Waals surface area contributed by atoms with Crippen LogP contribution < -0.4 is 10.1 Å². The molecule has 16 heteroatoms. The Bertz CT molecular complexity index is 1670. The molecule has 2 aliphatic heterocycles. The van der Waals surface area contributed by atoms with Crippen molar-refractivity contribution in [2.45, 2.75) is 0 Å². The molecule has 3 heterocycles. The molecule has 2 saturated heterocycles. The molecule has 13 nitrogen and oxygen atoms in total. The van der Waals surface area contributed by atoms with Crippen molar-refractivity contribution in [3.8, 4) is 17.0 Å². The highest BCUT2D eigenvalue weighted by Gasteiger charge is 2.30. The van der Waals surface area contributed by atoms with Crippen molar-refractivity contribution in [3.05, 3.63) is 64.6 Å². The highest BCUT2D eigenvalue weighted by molar-refractivity contribution is 6.34. The van der Waals surface area contributed by atoms with Crippen molar-refractivity contribution < 1.29 is 37.8 Å². The number of carboxylic acids is 1. The molecule has 0 unspecified atom stereocenters. The van der Waals surface area contributed by atoms with Gasteiger partial charge in [-0.3, -0.25) is 19.3 Å². The molecule has 4 amide bonds. The number of carboxylic acid groups (broad SMARTS) is 1. The van der Waals surface area contributed by atoms with Crippen molar-refractivity contribution >= 4 is 41.1 Å². The third kappa shape index (κ3) is 6.74. The SMILES string of the molecule is COc1ccc(-c2cnc(C(=O)Nc3ccc(C(=O)N4CCN(C(=O)N5CCN(CC(=O)O)CC5)CC4)c(Cl)c3)n2C)c(F)c1F. The van der Waals surface area contributed by atoms with E-state index in [0.29, 0.717) is 52.4 Å². The lowest BCUT2D eigenvalue weighted by atomic mass is 10.1. The molecule has 0 radical (unpaired) electrons. The monoisotopic (exact) mass is 659 g/mol. The van der Waals surface area contributed by atoms with Gasteiger partial charge >= 0.3 is 12.0 Å². The van der Waals surface area contributed by atoms with Gasteiger partial charge in [0.2, 0.25) is 5.82 Å². The summed E-state index contributed by atoms with van der Waals surface area (Å²) < 4.78 is 35.0. The first-order valence-electron chi connectivity index (χ1n) is 14.4. The molecule has 0 spiro atoms. The number of nitrogens with zero attached hydrogens (tertiary/aromatic N) is 6. The van der Waals surface area contributed by atoms with E-state index in [9.17, 15) is 28.0 Å². The number of carbonyl (C=O) groups is 4. The van der Waals surface area contributed by atoms with Crippen molar-refractivity contribution in [2.75, 3.05) is 71.3 Å². The number of nitrogens with one attached hydrogen (secondary N) is 1. The fraction of sp³-hybridized carbons (Fsp3) is 0.367. The van der Waals surface area contributed by atoms with E-state index in [1.54, 1.807) is 19.6 Å². The van der Waals surface area contributed by atoms with Crippen molar-refractivity contribution in [2.24, 2.45) is 7.05 Å². The molecule has 1 aromatic heterocycles. The zero-order chi connectivity index (χ0) is 33.1. The van der Waals surface area contributed by atoms with E-state index in [2.05, 4.69) is 10.3 Å². The molecule has 0 saturated carbocycles. The summed E-state index contributed by atoms with van der Waals surface area (Å²) >= 11 is 6.45. The maximum absolute atomic E-state index is 14.7. The average Bonchev–Trinajstić information content (AvgIpc) is 3.42. The summed E-state index contributed by atoms with van der Waals surface area (Å²) in [7, 11) is 2.71. The van der Waals surface area contributed by atoms with Gasteiger partial charge in [-0.2, -0.15) is 4.39 Å². The van der Waals surface area contributed by atoms with Crippen LogP contribution in [-0.4, -0.2) is 124 Å². The van der Waals surface area contributed by atoms with Crippen LogP contribution in [0.3, 0.4) is 0 Å². The summed E-state index contributed by atoms with van der Waals surface area (Å²) in [6, 6.07) is 6.91. The summed E-state index contributed by atoms with van der Waals surface area (Å²) in [5, 5.41) is 11.7. The molecule has 2 aromatic carbocycles. The molecule has 46 heavy (non-hydrogen) atoms. The number of aliphatic carboxylic acids is 1. The second-order valence-corrected chi connectivity index (χ2v) is 11.2. The van der Waals surface area contributed by atoms with Gasteiger partial charge < -0.3 is 34.4 Å². The van der Waals surface area contributed by atoms with Crippen LogP contribution in [0.15, 0.2) is 36.5 Å². The molecular formula is C30H32ClF2N7O6. The zero-order valence-electron chi connectivity index (χ0n) is 25.1. The summed E-state index contributed by atoms with van der Waals surface area (Å²) in [4.78, 5) is 61.0. The predicted molar refractivity (Wildman–Crippen MR) is 163 cm³/mol. The van der Waals surface area contributed by atoms with Gasteiger partial charge in [0.25, 0.3) is 11.8 Å². The van der Waals surface area contributed by atoms with Gasteiger partial charge in [0, 0.05) is 70.7 Å². The van der Waals surface area contributed by atoms with E-state index in [1.165, 1.54) is 55.3 Å². The third-order valence-corrected chi connectivity index (χ3v) is 8.34. The molecule has 0 bridgehead atoms. The van der Waals surface area contributed by atoms with Crippen LogP contribution in [0.5, 0.6) is 5.75 Å². The number of halogens is 3. The second kappa shape index (κ2) is 13.7. The topological polar surface area (TPSA) is 141 Å². The lowest BCUT2D eigenvalue weighted by Gasteiger charge is -2.40. The fourth-order valence-electron chi connectivity index (χ4n) is 5.47. The quantitative estimate of drug-likeness (QED) is 0.395. The zero-order valence-corrected chi connectivity index (χ0v) is 25.9. The normalized spacial score (nSPS) is 15.5. The summed E-state index contributed by atoms with van der Waals surface area (Å²) in [6.07, 6.45) is 1.25. The molecule has 2 N–H and O–H groups in total. The Hall–Kier alpha value is -4.76. The lowest BCUT2D eigenvalue weighted by Crippen LogP contribution is -2.57. The minimum absolute atomic E-state index is 0.0549. The van der Waals surface area contributed by atoms with Crippen molar-refractivity contribution in [1.29, 1.82) is 0 Å². The lowest BCUT2D eigenvalue weighted by molar-refractivity contribution is -0.138. The maximum atomic E-state index is 14.7. The largest absolute Gasteiger partial charge is 0.494 e. The number of amides is 4. The van der Waals surface area contributed by atoms with E-state index in [1.807, 2.05) is 0 Å². The number of rotatable bonds is 7. The van der Waals surface area contributed by atoms with Gasteiger partial charge in [0.05, 0.1) is 36.1 Å². The highest BCUT2D eigenvalue weighted by atomic mass is 35.5. The Balaban J connectivity index is 1.17. The number of methoxy groups -OCH3 is 1. The predicted octanol–water partition coefficient (Wildman–Crippen LogP) is 2.86. The van der Waals surface area contributed by atoms with Crippen molar-refractivity contribution in [1.82, 2.24) is 29.2 Å². The number of hydrogen-bond donors (Lipinski definition) is 2. The van der Waals surface area contributed by atoms with Crippen LogP contribution >= 0.6 is 11.6 Å². The molecule has 0 aliphatic carbocycles. The van der Waals surface area contributed by atoms with Gasteiger partial charge in [-0.1, -0.05) is 11.6 Å². The van der Waals surface area contributed by atoms with Crippen LogP contribution in [0, 0.1) is 11.6 Å². The van der Waals surface area contributed by atoms with Gasteiger partial charge in [0.15, 0.2) is 17.4 Å². The van der Waals surface area contributed by atoms with Gasteiger partial charge in [0.1, 0.15) is 0 Å². The van der Waals surface area contributed by atoms with Gasteiger partial charge in [-0.25, -0.2) is 14.2 Å². The maximum Gasteiger partial charge on any atom is 0.320 e. The number of hydrogen-bond acceptors (Lipinski definition) is 7. The fourth-order valence-corrected chi connectivity index (χ4v) is 5.73. The van der Waals surface area contributed by atoms with Gasteiger partial charge in [-0.15, -0.1) is 0 Å². The summed E-state index contributed by atoms with van der Waals surface area (Å²) in [6.45, 7) is 3.07. The van der Waals surface area contributed by atoms with E-state index in [4.69, 9.17) is 21.4 Å². The number of piperazine rings is 2. The first-order chi connectivity index (χ1) is 22.0. The molecule has 0 atom stereocenters. The Morgan fingerprint density at radius 2 is 1.57 bits per heavy atom. The van der Waals surface area contributed by atoms with Crippen molar-refractivity contribution in [3.63, 3.8) is 0 Å². The number of ether oxygens (including phenoxy) is 1. The Morgan fingerprint density at radius 3 is 2.17 bits per heavy atom. The smallest absolute Gasteiger partial charge is 0.320 e. The standard InChI is InChI=1S/C30H32ClF2N7O6/c1-36-22(20-5-6-23(46-2)26(33)25(20)32)16-34-27(36)28(43)35-18-3-4-19(21(31)15-18)29(44)38-11-13-40(14-12-38)30(45)39-9-7-37(8-10-39)17-24(41)42/h3-6,15-16H,7-14,17H2,1-2H3,(H,35,43)(H,41,42). The average molecular weight is 660 g/mol. The Kier molecular flexibility index (Phi) is 9.72. The number of benzene rings is 2. The number of imidazole rings is 1. The van der Waals surface area contributed by atoms with Crippen LogP contribution in [0.1, 0.15) is 21.0 Å². The number of urea groups is 1. The number of carbonyl (C=O) groups excluding carboxylic acids is 3. The Labute approximate surface area is 267 Å². The molecule has 3 aromatic rings. The molecule has 2 aliphatic rings. The van der Waals surface area contributed by atoms with E-state index in [-0.39, 0.29) is 57.6 Å². The minimum Gasteiger partial charge on any atom is -0.494 e. The highest BCUT2D eigenvalue weighted by Crippen LogP contribution is 2.30. The molecular weight excluding hydrogens is 628 g/mol. The minimum atomic E-state index is -1.16. The molecule has 5 rings (SSSR count). The van der Waals surface area contributed by atoms with E-state index < -0.39 is 23.5 Å². The first kappa shape index (κ1) is 32.6. The van der Waals surface area contributed by atoms with Gasteiger partial charge in [-0.05, 0) is 30.3 Å². The van der Waals surface area contributed by atoms with Crippen LogP contribution in [0.4, 0.5) is 19.3 Å².